The van der Waals surface area contributed by atoms with Crippen molar-refractivity contribution < 1.29 is 4.39 Å². The summed E-state index contributed by atoms with van der Waals surface area (Å²) in [5, 5.41) is 4.39. The van der Waals surface area contributed by atoms with E-state index < -0.39 is 0 Å². The number of nitrogens with zero attached hydrogens (tertiary/aromatic N) is 3. The lowest BCUT2D eigenvalue weighted by Crippen LogP contribution is -2.06. The molecule has 0 saturated heterocycles. The lowest BCUT2D eigenvalue weighted by molar-refractivity contribution is 0.608. The van der Waals surface area contributed by atoms with Crippen LogP contribution in [0.1, 0.15) is 22.5 Å². The SMILES string of the molecule is Cc1nn(Cc2cncc(F)c2)c(C)c1CN. The van der Waals surface area contributed by atoms with E-state index in [2.05, 4.69) is 10.1 Å². The molecule has 0 aliphatic carbocycles. The van der Waals surface area contributed by atoms with Crippen LogP contribution in [0.5, 0.6) is 0 Å². The summed E-state index contributed by atoms with van der Waals surface area (Å²) in [6.45, 7) is 4.88. The van der Waals surface area contributed by atoms with E-state index in [4.69, 9.17) is 5.73 Å². The van der Waals surface area contributed by atoms with Crippen molar-refractivity contribution >= 4 is 0 Å². The largest absolute Gasteiger partial charge is 0.326 e. The fraction of sp³-hybridized carbons (Fsp3) is 0.333. The van der Waals surface area contributed by atoms with Gasteiger partial charge in [0.25, 0.3) is 0 Å². The molecule has 0 aliphatic rings. The molecule has 2 aromatic rings. The molecular formula is C12H15FN4. The van der Waals surface area contributed by atoms with Gasteiger partial charge >= 0.3 is 0 Å². The molecule has 0 aliphatic heterocycles. The smallest absolute Gasteiger partial charge is 0.141 e. The fourth-order valence-corrected chi connectivity index (χ4v) is 1.90. The van der Waals surface area contributed by atoms with E-state index >= 15 is 0 Å². The molecule has 90 valence electrons. The molecular weight excluding hydrogens is 219 g/mol. The zero-order chi connectivity index (χ0) is 12.4. The predicted octanol–water partition coefficient (Wildman–Crippen LogP) is 1.54. The Kier molecular flexibility index (Phi) is 3.19. The Morgan fingerprint density at radius 3 is 2.71 bits per heavy atom. The van der Waals surface area contributed by atoms with Gasteiger partial charge in [0.2, 0.25) is 0 Å². The summed E-state index contributed by atoms with van der Waals surface area (Å²) in [5.74, 6) is -0.330. The average molecular weight is 234 g/mol. The molecule has 0 bridgehead atoms. The monoisotopic (exact) mass is 234 g/mol. The van der Waals surface area contributed by atoms with Gasteiger partial charge in [-0.2, -0.15) is 5.10 Å². The van der Waals surface area contributed by atoms with Gasteiger partial charge in [-0.1, -0.05) is 0 Å². The molecule has 0 spiro atoms. The van der Waals surface area contributed by atoms with E-state index in [0.29, 0.717) is 13.1 Å². The van der Waals surface area contributed by atoms with Gasteiger partial charge in [-0.15, -0.1) is 0 Å². The lowest BCUT2D eigenvalue weighted by Gasteiger charge is -2.04. The molecule has 0 saturated carbocycles. The average Bonchev–Trinajstić information content (AvgIpc) is 2.54. The summed E-state index contributed by atoms with van der Waals surface area (Å²) in [6, 6.07) is 1.46. The molecule has 2 aromatic heterocycles. The van der Waals surface area contributed by atoms with Crippen molar-refractivity contribution in [3.8, 4) is 0 Å². The van der Waals surface area contributed by atoms with Crippen LogP contribution in [0.15, 0.2) is 18.5 Å². The van der Waals surface area contributed by atoms with Gasteiger partial charge in [0.1, 0.15) is 5.82 Å². The summed E-state index contributed by atoms with van der Waals surface area (Å²) in [6.07, 6.45) is 2.83. The van der Waals surface area contributed by atoms with Crippen LogP contribution in [0.2, 0.25) is 0 Å². The molecule has 0 fully saturated rings. The molecule has 0 unspecified atom stereocenters. The van der Waals surface area contributed by atoms with Crippen LogP contribution < -0.4 is 5.73 Å². The molecule has 2 N–H and O–H groups in total. The maximum atomic E-state index is 13.0. The minimum absolute atomic E-state index is 0.330. The van der Waals surface area contributed by atoms with Crippen LogP contribution in [-0.4, -0.2) is 14.8 Å². The molecule has 0 atom stereocenters. The number of hydrogen-bond acceptors (Lipinski definition) is 3. The molecule has 4 nitrogen and oxygen atoms in total. The van der Waals surface area contributed by atoms with Crippen LogP contribution in [0.25, 0.3) is 0 Å². The second-order valence-corrected chi connectivity index (χ2v) is 4.02. The first-order valence-electron chi connectivity index (χ1n) is 5.44. The second-order valence-electron chi connectivity index (χ2n) is 4.02. The Balaban J connectivity index is 2.30. The zero-order valence-corrected chi connectivity index (χ0v) is 9.94. The Morgan fingerprint density at radius 1 is 1.35 bits per heavy atom. The Labute approximate surface area is 99.3 Å². The van der Waals surface area contributed by atoms with E-state index in [0.717, 1.165) is 22.5 Å². The molecule has 0 radical (unpaired) electrons. The van der Waals surface area contributed by atoms with Gasteiger partial charge in [-0.25, -0.2) is 4.39 Å². The highest BCUT2D eigenvalue weighted by molar-refractivity contribution is 5.25. The Hall–Kier alpha value is -1.75. The summed E-state index contributed by atoms with van der Waals surface area (Å²) < 4.78 is 14.8. The lowest BCUT2D eigenvalue weighted by atomic mass is 10.2. The van der Waals surface area contributed by atoms with Gasteiger partial charge < -0.3 is 5.73 Å². The number of aryl methyl sites for hydroxylation is 1. The highest BCUT2D eigenvalue weighted by Crippen LogP contribution is 2.13. The molecule has 0 amide bonds. The third-order valence-electron chi connectivity index (χ3n) is 2.83. The molecule has 0 aromatic carbocycles. The van der Waals surface area contributed by atoms with E-state index in [-0.39, 0.29) is 5.82 Å². The number of pyridine rings is 1. The molecule has 2 rings (SSSR count). The summed E-state index contributed by atoms with van der Waals surface area (Å²) >= 11 is 0. The van der Waals surface area contributed by atoms with E-state index in [1.54, 1.807) is 6.20 Å². The summed E-state index contributed by atoms with van der Waals surface area (Å²) in [5.41, 5.74) is 9.45. The first kappa shape index (κ1) is 11.7. The van der Waals surface area contributed by atoms with Crippen molar-refractivity contribution in [1.29, 1.82) is 0 Å². The van der Waals surface area contributed by atoms with Gasteiger partial charge in [0.05, 0.1) is 18.4 Å². The highest BCUT2D eigenvalue weighted by atomic mass is 19.1. The predicted molar refractivity (Wildman–Crippen MR) is 62.9 cm³/mol. The van der Waals surface area contributed by atoms with Crippen LogP contribution in [0.3, 0.4) is 0 Å². The maximum absolute atomic E-state index is 13.0. The van der Waals surface area contributed by atoms with Crippen LogP contribution in [0.4, 0.5) is 4.39 Å². The van der Waals surface area contributed by atoms with E-state index in [9.17, 15) is 4.39 Å². The minimum atomic E-state index is -0.330. The van der Waals surface area contributed by atoms with Crippen molar-refractivity contribution in [2.45, 2.75) is 26.9 Å². The molecule has 2 heterocycles. The zero-order valence-electron chi connectivity index (χ0n) is 9.94. The summed E-state index contributed by atoms with van der Waals surface area (Å²) in [4.78, 5) is 3.82. The molecule has 5 heteroatoms. The van der Waals surface area contributed by atoms with Gasteiger partial charge in [0, 0.05) is 24.0 Å². The Bertz CT molecular complexity index is 533. The maximum Gasteiger partial charge on any atom is 0.141 e. The van der Waals surface area contributed by atoms with Crippen LogP contribution in [0, 0.1) is 19.7 Å². The van der Waals surface area contributed by atoms with Crippen LogP contribution >= 0.6 is 0 Å². The number of hydrogen-bond donors (Lipinski definition) is 1. The first-order chi connectivity index (χ1) is 8.11. The van der Waals surface area contributed by atoms with E-state index in [1.807, 2.05) is 18.5 Å². The van der Waals surface area contributed by atoms with Gasteiger partial charge in [0.15, 0.2) is 0 Å². The standard InChI is InChI=1S/C12H15FN4/c1-8-12(4-14)9(2)17(16-8)7-10-3-11(13)6-15-5-10/h3,5-6H,4,7,14H2,1-2H3. The van der Waals surface area contributed by atoms with Gasteiger partial charge in [-0.3, -0.25) is 9.67 Å². The minimum Gasteiger partial charge on any atom is -0.326 e. The molecule has 17 heavy (non-hydrogen) atoms. The second kappa shape index (κ2) is 4.63. The topological polar surface area (TPSA) is 56.7 Å². The Morgan fingerprint density at radius 2 is 2.12 bits per heavy atom. The van der Waals surface area contributed by atoms with Crippen molar-refractivity contribution in [3.63, 3.8) is 0 Å². The number of aromatic nitrogens is 3. The van der Waals surface area contributed by atoms with E-state index in [1.165, 1.54) is 12.3 Å². The fourth-order valence-electron chi connectivity index (χ4n) is 1.90. The van der Waals surface area contributed by atoms with Crippen LogP contribution in [-0.2, 0) is 13.1 Å². The third-order valence-corrected chi connectivity index (χ3v) is 2.83. The van der Waals surface area contributed by atoms with Gasteiger partial charge in [-0.05, 0) is 25.5 Å². The van der Waals surface area contributed by atoms with Crippen molar-refractivity contribution in [1.82, 2.24) is 14.8 Å². The quantitative estimate of drug-likeness (QED) is 0.876. The normalized spacial score (nSPS) is 10.8. The third kappa shape index (κ3) is 2.34. The number of nitrogens with two attached hydrogens (primary N) is 1. The van der Waals surface area contributed by atoms with Crippen molar-refractivity contribution in [2.24, 2.45) is 5.73 Å². The van der Waals surface area contributed by atoms with Crippen molar-refractivity contribution in [3.05, 3.63) is 46.8 Å². The first-order valence-corrected chi connectivity index (χ1v) is 5.44. The number of rotatable bonds is 3. The highest BCUT2D eigenvalue weighted by Gasteiger charge is 2.10. The number of halogens is 1. The summed E-state index contributed by atoms with van der Waals surface area (Å²) in [7, 11) is 0. The van der Waals surface area contributed by atoms with Crippen molar-refractivity contribution in [2.75, 3.05) is 0 Å².